The van der Waals surface area contributed by atoms with Crippen molar-refractivity contribution in [3.63, 3.8) is 0 Å². The topological polar surface area (TPSA) is 152 Å². The Labute approximate surface area is 414 Å². The average Bonchev–Trinajstić information content (AvgIpc) is 3.18. The first-order chi connectivity index (χ1) is 24.8. The number of hydrogen-bond donors (Lipinski definition) is 3. The molecule has 2 aromatic heterocycles. The van der Waals surface area contributed by atoms with Crippen LogP contribution in [-0.2, 0) is 20.8 Å². The first-order valence-electron chi connectivity index (χ1n) is 16.6. The van der Waals surface area contributed by atoms with Crippen molar-refractivity contribution in [1.82, 2.24) is 19.9 Å². The third kappa shape index (κ3) is 17.7. The summed E-state index contributed by atoms with van der Waals surface area (Å²) in [6.07, 6.45) is 11.3. The third-order valence-electron chi connectivity index (χ3n) is 8.33. The van der Waals surface area contributed by atoms with Gasteiger partial charge in [0.05, 0.1) is 18.8 Å². The molecule has 2 aromatic carbocycles. The zero-order valence-electron chi connectivity index (χ0n) is 31.1. The predicted molar refractivity (Wildman–Crippen MR) is 205 cm³/mol. The summed E-state index contributed by atoms with van der Waals surface area (Å²) in [5.74, 6) is 1.30. The predicted octanol–water partition coefficient (Wildman–Crippen LogP) is 2.83. The van der Waals surface area contributed by atoms with Gasteiger partial charge in [0.2, 0.25) is 0 Å². The van der Waals surface area contributed by atoms with Crippen LogP contribution in [0.2, 0.25) is 0 Å². The van der Waals surface area contributed by atoms with E-state index in [9.17, 15) is 9.59 Å². The van der Waals surface area contributed by atoms with Crippen molar-refractivity contribution in [2.45, 2.75) is 92.3 Å². The van der Waals surface area contributed by atoms with E-state index >= 15 is 0 Å². The molecule has 0 aliphatic heterocycles. The fraction of sp³-hybridized carbons (Fsp3) is 0.378. The third-order valence-corrected chi connectivity index (χ3v) is 10.1. The molecule has 2 fully saturated rings. The van der Waals surface area contributed by atoms with Crippen LogP contribution in [0, 0.1) is 17.9 Å². The zero-order valence-corrected chi connectivity index (χ0v) is 39.5. The molecule has 4 aromatic rings. The minimum atomic E-state index is -0.362. The van der Waals surface area contributed by atoms with Crippen LogP contribution in [0.5, 0.6) is 0 Å². The molecule has 0 amide bonds. The van der Waals surface area contributed by atoms with E-state index in [1.54, 1.807) is 0 Å². The van der Waals surface area contributed by atoms with Crippen LogP contribution in [0.1, 0.15) is 100.0 Å². The number of hydrogen-bond acceptors (Lipinski definition) is 8. The Morgan fingerprint density at radius 3 is 1.79 bits per heavy atom. The summed E-state index contributed by atoms with van der Waals surface area (Å²) in [5, 5.41) is 10.0. The van der Waals surface area contributed by atoms with E-state index in [4.69, 9.17) is 35.4 Å². The molecule has 2 heterocycles. The van der Waals surface area contributed by atoms with Crippen molar-refractivity contribution in [2.75, 3.05) is 0 Å². The van der Waals surface area contributed by atoms with Gasteiger partial charge in [0.25, 0.3) is 29.0 Å². The van der Waals surface area contributed by atoms with Gasteiger partial charge in [-0.15, -0.1) is 0 Å². The maximum Gasteiger partial charge on any atom is 1.00 e. The molecular weight excluding hydrogens is 831 g/mol. The molecule has 2 aliphatic rings. The number of H-pyrrole nitrogens is 3. The van der Waals surface area contributed by atoms with E-state index in [0.29, 0.717) is 21.5 Å². The van der Waals surface area contributed by atoms with E-state index in [1.165, 1.54) is 35.7 Å². The number of rotatable bonds is 7. The molecule has 6 rings (SSSR count). The molecular formula is C37H41BrK2N6O5S2. The van der Waals surface area contributed by atoms with E-state index < -0.39 is 0 Å². The van der Waals surface area contributed by atoms with Gasteiger partial charge in [0, 0.05) is 16.8 Å². The van der Waals surface area contributed by atoms with Crippen LogP contribution in [0.25, 0.3) is 9.69 Å². The molecule has 0 saturated heterocycles. The second-order valence-corrected chi connectivity index (χ2v) is 13.7. The Morgan fingerprint density at radius 2 is 1.32 bits per heavy atom. The Morgan fingerprint density at radius 1 is 0.830 bits per heavy atom. The van der Waals surface area contributed by atoms with E-state index in [-0.39, 0.29) is 139 Å². The summed E-state index contributed by atoms with van der Waals surface area (Å²) in [6, 6.07) is 20.4. The van der Waals surface area contributed by atoms with Gasteiger partial charge in [0.1, 0.15) is 0 Å². The smallest absolute Gasteiger partial charge is 1.00 e. The number of alkyl halides is 1. The van der Waals surface area contributed by atoms with Crippen molar-refractivity contribution in [3.05, 3.63) is 131 Å². The monoisotopic (exact) mass is 870 g/mol. The molecule has 53 heavy (non-hydrogen) atoms. The number of halogens is 1. The Bertz CT molecular complexity index is 1930. The summed E-state index contributed by atoms with van der Waals surface area (Å²) in [6.45, 7) is 14.2. The quantitative estimate of drug-likeness (QED) is 0.0296. The Kier molecular flexibility index (Phi) is 27.5. The molecule has 0 radical (unpaired) electrons. The molecule has 11 nitrogen and oxygen atoms in total. The Hall–Kier alpha value is -1.07. The van der Waals surface area contributed by atoms with Gasteiger partial charge in [0.15, 0.2) is 9.93 Å². The van der Waals surface area contributed by atoms with Crippen LogP contribution >= 0.6 is 39.9 Å². The maximum atomic E-state index is 12.2. The average molecular weight is 872 g/mol. The Balaban J connectivity index is 0.000000788. The summed E-state index contributed by atoms with van der Waals surface area (Å²) in [5.41, 5.74) is 3.66. The molecule has 270 valence electrons. The minimum absolute atomic E-state index is 0. The summed E-state index contributed by atoms with van der Waals surface area (Å²) in [7, 11) is 0. The van der Waals surface area contributed by atoms with Crippen molar-refractivity contribution < 1.29 is 119 Å². The van der Waals surface area contributed by atoms with Gasteiger partial charge in [-0.1, -0.05) is 127 Å². The standard InChI is InChI=1S/C18H19N3OS.C11H13N3OS.C7H7Br.CH2O3.2K.H/c1-19-16-15(14-10-6-3-7-11-14)20-18(21-17(16)22)23-12-13-8-4-2-5-9-13;1-12-9-8(7-5-3-2-4-6-7)13-11(16)14-10(9)15;8-6-7-4-2-1-3-5-7;2-1-4-3;;;/h2,4-5,8-9,14H,3,6-7,10-12H2,(H,20,21,22);7H,2-6H2,(H2,13,14,15,16);1-5H,6H2;1,3H;;;/q;;;;2*+1;-1/p-1. The zero-order chi connectivity index (χ0) is 36.8. The number of carbonyl (C=O) groups excluding carboxylic acids is 1. The molecule has 16 heteroatoms. The first-order valence-corrected chi connectivity index (χ1v) is 19.1. The van der Waals surface area contributed by atoms with Crippen LogP contribution in [0.3, 0.4) is 0 Å². The first kappa shape index (κ1) is 50.0. The summed E-state index contributed by atoms with van der Waals surface area (Å²) < 4.78 is 0.318. The normalized spacial score (nSPS) is 13.5. The molecule has 2 aliphatic carbocycles. The van der Waals surface area contributed by atoms with Crippen molar-refractivity contribution in [2.24, 2.45) is 0 Å². The number of aromatic amines is 3. The molecule has 0 bridgehead atoms. The van der Waals surface area contributed by atoms with E-state index in [1.807, 2.05) is 36.4 Å². The number of benzene rings is 2. The molecule has 3 N–H and O–H groups in total. The van der Waals surface area contributed by atoms with Crippen molar-refractivity contribution >= 4 is 57.8 Å². The number of thioether (sulfide) groups is 1. The van der Waals surface area contributed by atoms with E-state index in [2.05, 4.69) is 74.7 Å². The number of aromatic nitrogens is 4. The maximum absolute atomic E-state index is 12.2. The van der Waals surface area contributed by atoms with Crippen molar-refractivity contribution in [1.29, 1.82) is 0 Å². The van der Waals surface area contributed by atoms with Gasteiger partial charge in [-0.3, -0.25) is 14.4 Å². The number of carbonyl (C=O) groups is 1. The van der Waals surface area contributed by atoms with Gasteiger partial charge < -0.3 is 26.5 Å². The van der Waals surface area contributed by atoms with Crippen LogP contribution < -0.4 is 119 Å². The summed E-state index contributed by atoms with van der Waals surface area (Å²) >= 11 is 9.82. The molecule has 0 atom stereocenters. The van der Waals surface area contributed by atoms with Gasteiger partial charge in [-0.2, -0.15) is 0 Å². The number of nitrogens with zero attached hydrogens (tertiary/aromatic N) is 3. The SMILES string of the molecule is BrCc1ccccc1.O=CO[O-].[C-]#[N+]c1c(C2CCCCC2)[nH]c(=S)[nH]c1=O.[C-]#[N+]c1c(C2CCCCC2)nc(SCc2ccccc2)[nH]c1=O.[H-].[K+].[K+]. The van der Waals surface area contributed by atoms with Crippen LogP contribution in [0.15, 0.2) is 75.4 Å². The van der Waals surface area contributed by atoms with Gasteiger partial charge in [-0.05, 0) is 60.9 Å². The largest absolute Gasteiger partial charge is 1.00 e. The molecule has 2 saturated carbocycles. The van der Waals surface area contributed by atoms with Crippen LogP contribution in [0.4, 0.5) is 11.4 Å². The number of nitrogens with one attached hydrogen (secondary N) is 3. The fourth-order valence-corrected chi connectivity index (χ4v) is 7.29. The summed E-state index contributed by atoms with van der Waals surface area (Å²) in [4.78, 5) is 54.6. The molecule has 0 unspecified atom stereocenters. The minimum Gasteiger partial charge on any atom is -1.00 e. The van der Waals surface area contributed by atoms with Gasteiger partial charge in [-0.25, -0.2) is 14.7 Å². The second-order valence-electron chi connectivity index (χ2n) is 11.8. The van der Waals surface area contributed by atoms with E-state index in [0.717, 1.165) is 68.1 Å². The van der Waals surface area contributed by atoms with Crippen LogP contribution in [-0.4, -0.2) is 26.4 Å². The second kappa shape index (κ2) is 29.2. The van der Waals surface area contributed by atoms with Gasteiger partial charge >= 0.3 is 103 Å². The fourth-order valence-electron chi connectivity index (χ4n) is 5.89. The van der Waals surface area contributed by atoms with Crippen molar-refractivity contribution in [3.8, 4) is 0 Å². The molecule has 0 spiro atoms.